The second kappa shape index (κ2) is 10.6. The van der Waals surface area contributed by atoms with Crippen LogP contribution in [-0.2, 0) is 0 Å². The van der Waals surface area contributed by atoms with Crippen molar-refractivity contribution in [2.45, 2.75) is 0 Å². The van der Waals surface area contributed by atoms with E-state index in [4.69, 9.17) is 4.42 Å². The van der Waals surface area contributed by atoms with Crippen LogP contribution in [-0.4, -0.2) is 0 Å². The molecule has 0 N–H and O–H groups in total. The van der Waals surface area contributed by atoms with Crippen LogP contribution in [0.3, 0.4) is 0 Å². The van der Waals surface area contributed by atoms with Crippen molar-refractivity contribution >= 4 is 66.8 Å². The molecule has 0 bridgehead atoms. The average Bonchev–Trinajstić information content (AvgIpc) is 3.46. The Morgan fingerprint density at radius 2 is 0.837 bits per heavy atom. The molecule has 0 atom stereocenters. The maximum absolute atomic E-state index is 6.73. The van der Waals surface area contributed by atoms with Crippen LogP contribution in [0.4, 0.5) is 34.1 Å². The molecule has 0 unspecified atom stereocenters. The second-order valence-corrected chi connectivity index (χ2v) is 10.6. The molecule has 0 saturated heterocycles. The molecule has 0 radical (unpaired) electrons. The molecule has 1 heterocycles. The van der Waals surface area contributed by atoms with Gasteiger partial charge in [0.05, 0.1) is 16.8 Å². The topological polar surface area (TPSA) is 19.6 Å². The summed E-state index contributed by atoms with van der Waals surface area (Å²) in [6, 6.07) is 59.5. The predicted molar refractivity (Wildman–Crippen MR) is 181 cm³/mol. The summed E-state index contributed by atoms with van der Waals surface area (Å²) in [5, 5.41) is 4.58. The molecule has 8 rings (SSSR count). The highest BCUT2D eigenvalue weighted by molar-refractivity contribution is 6.23. The van der Waals surface area contributed by atoms with Gasteiger partial charge in [0.1, 0.15) is 11.2 Å². The molecule has 0 amide bonds. The zero-order chi connectivity index (χ0) is 28.6. The molecular formula is C40H28N2O. The van der Waals surface area contributed by atoms with E-state index in [0.717, 1.165) is 56.1 Å². The molecule has 3 heteroatoms. The summed E-state index contributed by atoms with van der Waals surface area (Å²) >= 11 is 0. The fourth-order valence-corrected chi connectivity index (χ4v) is 6.12. The second-order valence-electron chi connectivity index (χ2n) is 10.6. The highest BCUT2D eigenvalue weighted by Gasteiger charge is 2.24. The van der Waals surface area contributed by atoms with Gasteiger partial charge in [0.2, 0.25) is 0 Å². The summed E-state index contributed by atoms with van der Waals surface area (Å²) in [6.45, 7) is 0. The van der Waals surface area contributed by atoms with Crippen LogP contribution in [0.25, 0.3) is 32.7 Å². The van der Waals surface area contributed by atoms with Crippen LogP contribution in [0.1, 0.15) is 0 Å². The third kappa shape index (κ3) is 4.39. The molecule has 0 aliphatic carbocycles. The van der Waals surface area contributed by atoms with Gasteiger partial charge in [-0.2, -0.15) is 0 Å². The van der Waals surface area contributed by atoms with E-state index in [2.05, 4.69) is 180 Å². The number of fused-ring (bicyclic) bond motifs is 5. The molecule has 0 spiro atoms. The standard InChI is InChI=1S/C40H28N2O/c1-5-16-30(17-6-1)41(31-18-7-2-8-19-31)34-27-36(42(32-20-9-3-10-21-32)33-22-11-4-12-23-33)40-38(28-34)43-37-26-25-29-15-13-14-24-35(29)39(37)40/h1-28H. The lowest BCUT2D eigenvalue weighted by molar-refractivity contribution is 0.669. The van der Waals surface area contributed by atoms with Crippen LogP contribution >= 0.6 is 0 Å². The largest absolute Gasteiger partial charge is 0.456 e. The Kier molecular flexibility index (Phi) is 6.12. The van der Waals surface area contributed by atoms with Gasteiger partial charge in [0.15, 0.2) is 0 Å². The number of hydrogen-bond donors (Lipinski definition) is 0. The Labute approximate surface area is 250 Å². The van der Waals surface area contributed by atoms with Crippen molar-refractivity contribution < 1.29 is 4.42 Å². The highest BCUT2D eigenvalue weighted by atomic mass is 16.3. The predicted octanol–water partition coefficient (Wildman–Crippen LogP) is 11.7. The molecule has 7 aromatic carbocycles. The Hall–Kier alpha value is -5.80. The van der Waals surface area contributed by atoms with Gasteiger partial charge in [-0.05, 0) is 71.4 Å². The van der Waals surface area contributed by atoms with E-state index < -0.39 is 0 Å². The lowest BCUT2D eigenvalue weighted by Crippen LogP contribution is -2.13. The third-order valence-electron chi connectivity index (χ3n) is 7.98. The number of furan rings is 1. The fourth-order valence-electron chi connectivity index (χ4n) is 6.12. The quantitative estimate of drug-likeness (QED) is 0.205. The molecule has 3 nitrogen and oxygen atoms in total. The minimum atomic E-state index is 0.840. The Balaban J connectivity index is 1.51. The SMILES string of the molecule is c1ccc(N(c2ccccc2)c2cc(N(c3ccccc3)c3ccccc3)c3c(c2)oc2ccc4ccccc4c23)cc1. The minimum Gasteiger partial charge on any atom is -0.456 e. The van der Waals surface area contributed by atoms with Crippen molar-refractivity contribution in [1.82, 2.24) is 0 Å². The normalized spacial score (nSPS) is 11.3. The van der Waals surface area contributed by atoms with E-state index in [1.54, 1.807) is 0 Å². The van der Waals surface area contributed by atoms with Crippen LogP contribution < -0.4 is 9.80 Å². The van der Waals surface area contributed by atoms with E-state index in [-0.39, 0.29) is 0 Å². The third-order valence-corrected chi connectivity index (χ3v) is 7.98. The van der Waals surface area contributed by atoms with Crippen molar-refractivity contribution in [2.24, 2.45) is 0 Å². The summed E-state index contributed by atoms with van der Waals surface area (Å²) in [5.41, 5.74) is 8.09. The summed E-state index contributed by atoms with van der Waals surface area (Å²) < 4.78 is 6.73. The van der Waals surface area contributed by atoms with E-state index in [1.165, 1.54) is 10.8 Å². The van der Waals surface area contributed by atoms with Crippen LogP contribution in [0, 0.1) is 0 Å². The first-order valence-electron chi connectivity index (χ1n) is 14.5. The number of hydrogen-bond acceptors (Lipinski definition) is 3. The first-order valence-corrected chi connectivity index (χ1v) is 14.5. The van der Waals surface area contributed by atoms with E-state index in [1.807, 2.05) is 0 Å². The first-order chi connectivity index (χ1) is 21.3. The van der Waals surface area contributed by atoms with Gasteiger partial charge in [0.25, 0.3) is 0 Å². The van der Waals surface area contributed by atoms with Gasteiger partial charge >= 0.3 is 0 Å². The van der Waals surface area contributed by atoms with E-state index >= 15 is 0 Å². The monoisotopic (exact) mass is 552 g/mol. The summed E-state index contributed by atoms with van der Waals surface area (Å²) in [7, 11) is 0. The average molecular weight is 553 g/mol. The van der Waals surface area contributed by atoms with Gasteiger partial charge in [-0.25, -0.2) is 0 Å². The fraction of sp³-hybridized carbons (Fsp3) is 0. The molecule has 0 aliphatic heterocycles. The number of benzene rings is 7. The first kappa shape index (κ1) is 25.0. The van der Waals surface area contributed by atoms with Gasteiger partial charge in [-0.1, -0.05) is 103 Å². The Morgan fingerprint density at radius 3 is 1.40 bits per heavy atom. The molecule has 0 aliphatic rings. The van der Waals surface area contributed by atoms with Gasteiger partial charge < -0.3 is 14.2 Å². The zero-order valence-electron chi connectivity index (χ0n) is 23.5. The molecule has 8 aromatic rings. The van der Waals surface area contributed by atoms with Gasteiger partial charge in [-0.15, -0.1) is 0 Å². The maximum Gasteiger partial charge on any atom is 0.139 e. The molecule has 1 aromatic heterocycles. The molecule has 204 valence electrons. The highest BCUT2D eigenvalue weighted by Crippen LogP contribution is 2.48. The number of anilines is 6. The number of nitrogens with zero attached hydrogens (tertiary/aromatic N) is 2. The van der Waals surface area contributed by atoms with E-state index in [9.17, 15) is 0 Å². The smallest absolute Gasteiger partial charge is 0.139 e. The minimum absolute atomic E-state index is 0.840. The van der Waals surface area contributed by atoms with Crippen molar-refractivity contribution in [1.29, 1.82) is 0 Å². The van der Waals surface area contributed by atoms with Crippen molar-refractivity contribution in [3.63, 3.8) is 0 Å². The summed E-state index contributed by atoms with van der Waals surface area (Å²) in [5.74, 6) is 0. The molecule has 0 saturated carbocycles. The van der Waals surface area contributed by atoms with Crippen molar-refractivity contribution in [3.8, 4) is 0 Å². The van der Waals surface area contributed by atoms with Crippen LogP contribution in [0.15, 0.2) is 174 Å². The molecular weight excluding hydrogens is 524 g/mol. The number of para-hydroxylation sites is 4. The summed E-state index contributed by atoms with van der Waals surface area (Å²) in [6.07, 6.45) is 0. The Bertz CT molecular complexity index is 2090. The van der Waals surface area contributed by atoms with Crippen molar-refractivity contribution in [3.05, 3.63) is 170 Å². The van der Waals surface area contributed by atoms with Gasteiger partial charge in [-0.3, -0.25) is 0 Å². The van der Waals surface area contributed by atoms with Gasteiger partial charge in [0, 0.05) is 34.2 Å². The lowest BCUT2D eigenvalue weighted by atomic mass is 10.0. The van der Waals surface area contributed by atoms with Crippen molar-refractivity contribution in [2.75, 3.05) is 9.80 Å². The summed E-state index contributed by atoms with van der Waals surface area (Å²) in [4.78, 5) is 4.64. The molecule has 43 heavy (non-hydrogen) atoms. The number of rotatable bonds is 6. The van der Waals surface area contributed by atoms with E-state index in [0.29, 0.717) is 0 Å². The molecule has 0 fully saturated rings. The lowest BCUT2D eigenvalue weighted by Gasteiger charge is -2.30. The maximum atomic E-state index is 6.73. The zero-order valence-corrected chi connectivity index (χ0v) is 23.5. The Morgan fingerprint density at radius 1 is 0.349 bits per heavy atom. The van der Waals surface area contributed by atoms with Crippen LogP contribution in [0.2, 0.25) is 0 Å². The van der Waals surface area contributed by atoms with Crippen LogP contribution in [0.5, 0.6) is 0 Å².